The van der Waals surface area contributed by atoms with Crippen LogP contribution in [0.25, 0.3) is 0 Å². The molecular formula is C6H12N2. The molecule has 0 spiro atoms. The van der Waals surface area contributed by atoms with Crippen LogP contribution in [-0.2, 0) is 0 Å². The molecule has 0 aliphatic carbocycles. The second kappa shape index (κ2) is 16.4. The highest BCUT2D eigenvalue weighted by Gasteiger charge is 1.55. The Bertz CT molecular complexity index is 69.1. The first kappa shape index (κ1) is 10.2. The zero-order chi connectivity index (χ0) is 6.83. The quantitative estimate of drug-likeness (QED) is 0.515. The summed E-state index contributed by atoms with van der Waals surface area (Å²) in [6, 6.07) is 1.69. The number of rotatable bonds is 1. The number of nitriles is 1. The maximum absolute atomic E-state index is 7.51. The average Bonchev–Trinajstić information content (AvgIpc) is 1.88. The van der Waals surface area contributed by atoms with Crippen LogP contribution in [0.5, 0.6) is 0 Å². The first-order chi connectivity index (χ1) is 3.83. The Morgan fingerprint density at radius 1 is 1.88 bits per heavy atom. The van der Waals surface area contributed by atoms with Gasteiger partial charge in [-0.05, 0) is 13.0 Å². The highest BCUT2D eigenvalue weighted by molar-refractivity contribution is 4.93. The minimum absolute atomic E-state index is 0.819. The van der Waals surface area contributed by atoms with Gasteiger partial charge in [0, 0.05) is 6.08 Å². The number of hydrogen-bond acceptors (Lipinski definition) is 2. The lowest BCUT2D eigenvalue weighted by Gasteiger charge is -1.70. The van der Waals surface area contributed by atoms with E-state index in [2.05, 4.69) is 13.5 Å². The van der Waals surface area contributed by atoms with Crippen LogP contribution in [0.15, 0.2) is 12.7 Å². The molecule has 0 fully saturated rings. The zero-order valence-corrected chi connectivity index (χ0v) is 5.22. The van der Waals surface area contributed by atoms with Crippen molar-refractivity contribution in [2.24, 2.45) is 5.73 Å². The Morgan fingerprint density at radius 2 is 2.12 bits per heavy atom. The smallest absolute Gasteiger partial charge is 0.0905 e. The second-order valence-corrected chi connectivity index (χ2v) is 1.12. The maximum atomic E-state index is 7.51. The van der Waals surface area contributed by atoms with E-state index in [1.807, 2.05) is 0 Å². The zero-order valence-electron chi connectivity index (χ0n) is 5.22. The van der Waals surface area contributed by atoms with Crippen molar-refractivity contribution in [1.82, 2.24) is 0 Å². The van der Waals surface area contributed by atoms with Crippen molar-refractivity contribution < 1.29 is 0 Å². The molecule has 2 N–H and O–H groups in total. The van der Waals surface area contributed by atoms with E-state index in [0.717, 1.165) is 13.0 Å². The van der Waals surface area contributed by atoms with E-state index >= 15 is 0 Å². The lowest BCUT2D eigenvalue weighted by Crippen LogP contribution is -1.93. The van der Waals surface area contributed by atoms with Crippen LogP contribution in [0, 0.1) is 11.3 Å². The highest BCUT2D eigenvalue weighted by atomic mass is 14.5. The Balaban J connectivity index is 0. The van der Waals surface area contributed by atoms with Crippen LogP contribution in [0.1, 0.15) is 13.3 Å². The van der Waals surface area contributed by atoms with Crippen LogP contribution in [-0.4, -0.2) is 6.54 Å². The predicted molar refractivity (Wildman–Crippen MR) is 35.2 cm³/mol. The normalized spacial score (nSPS) is 5.62. The number of nitrogens with two attached hydrogens (primary N) is 1. The Labute approximate surface area is 50.6 Å². The molecule has 0 aromatic rings. The van der Waals surface area contributed by atoms with Gasteiger partial charge in [0.15, 0.2) is 0 Å². The van der Waals surface area contributed by atoms with Gasteiger partial charge in [-0.2, -0.15) is 5.26 Å². The van der Waals surface area contributed by atoms with E-state index in [1.165, 1.54) is 6.08 Å². The van der Waals surface area contributed by atoms with E-state index in [-0.39, 0.29) is 0 Å². The molecule has 0 radical (unpaired) electrons. The van der Waals surface area contributed by atoms with Crippen molar-refractivity contribution in [1.29, 1.82) is 5.26 Å². The predicted octanol–water partition coefficient (Wildman–Crippen LogP) is 1.05. The molecule has 46 valence electrons. The summed E-state index contributed by atoms with van der Waals surface area (Å²) in [6.07, 6.45) is 2.28. The van der Waals surface area contributed by atoms with Gasteiger partial charge in [-0.1, -0.05) is 13.5 Å². The van der Waals surface area contributed by atoms with Crippen molar-refractivity contribution in [3.8, 4) is 6.07 Å². The SMILES string of the molecule is C=CC#N.CCCN. The summed E-state index contributed by atoms with van der Waals surface area (Å²) in [5, 5.41) is 7.51. The third-order valence-electron chi connectivity index (χ3n) is 0.380. The Kier molecular flexibility index (Phi) is 20.9. The van der Waals surface area contributed by atoms with Crippen LogP contribution in [0.4, 0.5) is 0 Å². The molecule has 0 atom stereocenters. The molecule has 8 heavy (non-hydrogen) atoms. The monoisotopic (exact) mass is 112 g/mol. The number of hydrogen-bond donors (Lipinski definition) is 1. The van der Waals surface area contributed by atoms with Gasteiger partial charge in [0.2, 0.25) is 0 Å². The van der Waals surface area contributed by atoms with Crippen molar-refractivity contribution in [2.45, 2.75) is 13.3 Å². The van der Waals surface area contributed by atoms with Gasteiger partial charge in [0.25, 0.3) is 0 Å². The lowest BCUT2D eigenvalue weighted by atomic mass is 10.5. The first-order valence-corrected chi connectivity index (χ1v) is 2.54. The van der Waals surface area contributed by atoms with Gasteiger partial charge in [-0.15, -0.1) is 0 Å². The molecule has 0 aliphatic heterocycles. The molecular weight excluding hydrogens is 100 g/mol. The number of nitrogens with zero attached hydrogens (tertiary/aromatic N) is 1. The topological polar surface area (TPSA) is 49.8 Å². The first-order valence-electron chi connectivity index (χ1n) is 2.54. The number of allylic oxidation sites excluding steroid dienone is 1. The lowest BCUT2D eigenvalue weighted by molar-refractivity contribution is 0.932. The largest absolute Gasteiger partial charge is 0.330 e. The van der Waals surface area contributed by atoms with Gasteiger partial charge in [-0.3, -0.25) is 0 Å². The summed E-state index contributed by atoms with van der Waals surface area (Å²) in [5.74, 6) is 0. The minimum atomic E-state index is 0.819. The molecule has 0 aromatic carbocycles. The summed E-state index contributed by atoms with van der Waals surface area (Å²) < 4.78 is 0. The third-order valence-corrected chi connectivity index (χ3v) is 0.380. The molecule has 0 aliphatic rings. The van der Waals surface area contributed by atoms with E-state index < -0.39 is 0 Å². The molecule has 0 amide bonds. The summed E-state index contributed by atoms with van der Waals surface area (Å²) in [7, 11) is 0. The van der Waals surface area contributed by atoms with Crippen LogP contribution in [0.3, 0.4) is 0 Å². The van der Waals surface area contributed by atoms with E-state index in [9.17, 15) is 0 Å². The van der Waals surface area contributed by atoms with Crippen molar-refractivity contribution in [2.75, 3.05) is 6.54 Å². The molecule has 2 heteroatoms. The molecule has 0 rings (SSSR count). The minimum Gasteiger partial charge on any atom is -0.330 e. The molecule has 0 unspecified atom stereocenters. The van der Waals surface area contributed by atoms with Crippen molar-refractivity contribution in [3.05, 3.63) is 12.7 Å². The van der Waals surface area contributed by atoms with Gasteiger partial charge >= 0.3 is 0 Å². The van der Waals surface area contributed by atoms with Crippen LogP contribution in [0.2, 0.25) is 0 Å². The second-order valence-electron chi connectivity index (χ2n) is 1.12. The van der Waals surface area contributed by atoms with Crippen molar-refractivity contribution in [3.63, 3.8) is 0 Å². The van der Waals surface area contributed by atoms with E-state index in [1.54, 1.807) is 6.07 Å². The highest BCUT2D eigenvalue weighted by Crippen LogP contribution is 1.57. The van der Waals surface area contributed by atoms with Gasteiger partial charge in [0.05, 0.1) is 6.07 Å². The molecule has 0 heterocycles. The van der Waals surface area contributed by atoms with Gasteiger partial charge < -0.3 is 5.73 Å². The fourth-order valence-corrected chi connectivity index (χ4v) is 0. The molecule has 2 nitrogen and oxygen atoms in total. The van der Waals surface area contributed by atoms with Gasteiger partial charge in [0.1, 0.15) is 0 Å². The average molecular weight is 112 g/mol. The molecule has 0 bridgehead atoms. The van der Waals surface area contributed by atoms with Crippen molar-refractivity contribution >= 4 is 0 Å². The van der Waals surface area contributed by atoms with Gasteiger partial charge in [-0.25, -0.2) is 0 Å². The van der Waals surface area contributed by atoms with Crippen LogP contribution < -0.4 is 5.73 Å². The Hall–Kier alpha value is -0.810. The Morgan fingerprint density at radius 3 is 2.12 bits per heavy atom. The maximum Gasteiger partial charge on any atom is 0.0905 e. The fraction of sp³-hybridized carbons (Fsp3) is 0.500. The summed E-state index contributed by atoms with van der Waals surface area (Å²) in [6.45, 7) is 5.99. The van der Waals surface area contributed by atoms with E-state index in [4.69, 9.17) is 11.0 Å². The van der Waals surface area contributed by atoms with Crippen LogP contribution >= 0.6 is 0 Å². The summed E-state index contributed by atoms with van der Waals surface area (Å²) in [5.41, 5.74) is 5.03. The summed E-state index contributed by atoms with van der Waals surface area (Å²) in [4.78, 5) is 0. The standard InChI is InChI=1S/C3H9N.C3H3N/c2*1-2-3-4/h2-4H2,1H3;2H,1H2. The van der Waals surface area contributed by atoms with E-state index in [0.29, 0.717) is 0 Å². The molecule has 0 saturated heterocycles. The molecule has 0 aromatic heterocycles. The third kappa shape index (κ3) is 64.3. The molecule has 0 saturated carbocycles. The fourth-order valence-electron chi connectivity index (χ4n) is 0. The summed E-state index contributed by atoms with van der Waals surface area (Å²) >= 11 is 0.